The number of rotatable bonds is 2. The molecule has 0 aliphatic heterocycles. The molecule has 1 aromatic rings. The first kappa shape index (κ1) is 11.0. The normalized spacial score (nSPS) is 12.3. The molecule has 0 bridgehead atoms. The molecule has 0 saturated heterocycles. The maximum atomic E-state index is 3.25. The molecule has 1 radical (unpaired) electrons. The average molecular weight is 187 g/mol. The third-order valence-corrected chi connectivity index (χ3v) is 2.22. The molecule has 0 aliphatic rings. The number of benzene rings is 1. The van der Waals surface area contributed by atoms with E-state index < -0.39 is 0 Å². The van der Waals surface area contributed by atoms with Crippen LogP contribution in [0.5, 0.6) is 0 Å². The van der Waals surface area contributed by atoms with Crippen LogP contribution < -0.4 is 0 Å². The van der Waals surface area contributed by atoms with E-state index >= 15 is 0 Å². The number of hydrogen-bond acceptors (Lipinski definition) is 0. The standard InChI is InChI=1S/C14H19/c1-5-6-7-12-8-10-13(11-9-12)14(2,3)4/h6,8-11H,5H2,1-4H3. The van der Waals surface area contributed by atoms with Crippen molar-refractivity contribution in [3.8, 4) is 0 Å². The largest absolute Gasteiger partial charge is 0.0763 e. The molecule has 0 heterocycles. The molecule has 0 saturated carbocycles. The Hall–Kier alpha value is -1.04. The molecule has 0 spiro atoms. The summed E-state index contributed by atoms with van der Waals surface area (Å²) in [7, 11) is 0. The Morgan fingerprint density at radius 2 is 1.71 bits per heavy atom. The van der Waals surface area contributed by atoms with Gasteiger partial charge >= 0.3 is 0 Å². The Kier molecular flexibility index (Phi) is 3.51. The summed E-state index contributed by atoms with van der Waals surface area (Å²) in [5.74, 6) is 0. The summed E-state index contributed by atoms with van der Waals surface area (Å²) < 4.78 is 0. The highest BCUT2D eigenvalue weighted by molar-refractivity contribution is 5.30. The van der Waals surface area contributed by atoms with Gasteiger partial charge in [0.25, 0.3) is 0 Å². The molecule has 0 unspecified atom stereocenters. The van der Waals surface area contributed by atoms with Crippen molar-refractivity contribution in [2.24, 2.45) is 0 Å². The SMILES string of the molecule is CC/C=[C]\c1ccc(C(C)(C)C)cc1. The van der Waals surface area contributed by atoms with Crippen molar-refractivity contribution in [3.05, 3.63) is 47.5 Å². The summed E-state index contributed by atoms with van der Waals surface area (Å²) in [6.45, 7) is 8.81. The van der Waals surface area contributed by atoms with E-state index in [1.807, 2.05) is 0 Å². The van der Waals surface area contributed by atoms with Gasteiger partial charge in [-0.2, -0.15) is 0 Å². The van der Waals surface area contributed by atoms with Gasteiger partial charge in [0.15, 0.2) is 0 Å². The van der Waals surface area contributed by atoms with Gasteiger partial charge in [-0.3, -0.25) is 0 Å². The second-order valence-corrected chi connectivity index (χ2v) is 4.58. The fourth-order valence-corrected chi connectivity index (χ4v) is 1.29. The Labute approximate surface area is 87.7 Å². The summed E-state index contributed by atoms with van der Waals surface area (Å²) in [5.41, 5.74) is 2.78. The van der Waals surface area contributed by atoms with Crippen molar-refractivity contribution in [3.63, 3.8) is 0 Å². The zero-order chi connectivity index (χ0) is 10.6. The third kappa shape index (κ3) is 3.02. The molecule has 1 rings (SSSR count). The van der Waals surface area contributed by atoms with Crippen molar-refractivity contribution in [2.75, 3.05) is 0 Å². The van der Waals surface area contributed by atoms with Gasteiger partial charge < -0.3 is 0 Å². The van der Waals surface area contributed by atoms with Crippen molar-refractivity contribution >= 4 is 0 Å². The molecule has 0 heteroatoms. The van der Waals surface area contributed by atoms with Crippen molar-refractivity contribution in [1.82, 2.24) is 0 Å². The van der Waals surface area contributed by atoms with Crippen molar-refractivity contribution < 1.29 is 0 Å². The molecule has 14 heavy (non-hydrogen) atoms. The fourth-order valence-electron chi connectivity index (χ4n) is 1.29. The number of hydrogen-bond donors (Lipinski definition) is 0. The van der Waals surface area contributed by atoms with E-state index in [2.05, 4.69) is 64.1 Å². The summed E-state index contributed by atoms with van der Waals surface area (Å²) in [4.78, 5) is 0. The Morgan fingerprint density at radius 1 is 1.14 bits per heavy atom. The van der Waals surface area contributed by atoms with E-state index in [1.54, 1.807) is 0 Å². The van der Waals surface area contributed by atoms with E-state index in [4.69, 9.17) is 0 Å². The quantitative estimate of drug-likeness (QED) is 0.654. The van der Waals surface area contributed by atoms with Crippen molar-refractivity contribution in [1.29, 1.82) is 0 Å². The molecule has 0 nitrogen and oxygen atoms in total. The van der Waals surface area contributed by atoms with Gasteiger partial charge in [-0.15, -0.1) is 0 Å². The minimum atomic E-state index is 0.243. The first-order chi connectivity index (χ1) is 6.54. The maximum Gasteiger partial charge on any atom is -0.0132 e. The van der Waals surface area contributed by atoms with Crippen LogP contribution in [0.2, 0.25) is 0 Å². The lowest BCUT2D eigenvalue weighted by Gasteiger charge is -2.18. The number of allylic oxidation sites excluding steroid dienone is 1. The van der Waals surface area contributed by atoms with Gasteiger partial charge in [-0.25, -0.2) is 0 Å². The highest BCUT2D eigenvalue weighted by Gasteiger charge is 2.12. The minimum absolute atomic E-state index is 0.243. The topological polar surface area (TPSA) is 0 Å². The summed E-state index contributed by atoms with van der Waals surface area (Å²) in [6, 6.07) is 8.64. The van der Waals surface area contributed by atoms with Crippen LogP contribution >= 0.6 is 0 Å². The maximum absolute atomic E-state index is 3.25. The first-order valence-corrected chi connectivity index (χ1v) is 5.23. The zero-order valence-corrected chi connectivity index (χ0v) is 9.59. The second-order valence-electron chi connectivity index (χ2n) is 4.58. The average Bonchev–Trinajstić information content (AvgIpc) is 2.14. The van der Waals surface area contributed by atoms with Gasteiger partial charge in [0.1, 0.15) is 0 Å². The van der Waals surface area contributed by atoms with Crippen molar-refractivity contribution in [2.45, 2.75) is 39.5 Å². The third-order valence-electron chi connectivity index (χ3n) is 2.22. The van der Waals surface area contributed by atoms with Gasteiger partial charge in [0, 0.05) is 0 Å². The molecule has 75 valence electrons. The van der Waals surface area contributed by atoms with Crippen LogP contribution in [0.25, 0.3) is 0 Å². The van der Waals surface area contributed by atoms with E-state index in [9.17, 15) is 0 Å². The highest BCUT2D eigenvalue weighted by Crippen LogP contribution is 2.22. The smallest absolute Gasteiger partial charge is 0.0132 e. The summed E-state index contributed by atoms with van der Waals surface area (Å²) >= 11 is 0. The zero-order valence-electron chi connectivity index (χ0n) is 9.59. The Morgan fingerprint density at radius 3 is 2.14 bits per heavy atom. The van der Waals surface area contributed by atoms with E-state index in [1.165, 1.54) is 11.1 Å². The van der Waals surface area contributed by atoms with Crippen LogP contribution in [-0.2, 0) is 5.41 Å². The molecule has 0 N–H and O–H groups in total. The predicted octanol–water partition coefficient (Wildman–Crippen LogP) is 4.10. The van der Waals surface area contributed by atoms with E-state index in [0.29, 0.717) is 0 Å². The summed E-state index contributed by atoms with van der Waals surface area (Å²) in [5, 5.41) is 0. The van der Waals surface area contributed by atoms with Crippen LogP contribution in [0.15, 0.2) is 30.3 Å². The second kappa shape index (κ2) is 4.45. The fraction of sp³-hybridized carbons (Fsp3) is 0.429. The monoisotopic (exact) mass is 187 g/mol. The minimum Gasteiger partial charge on any atom is -0.0763 e. The van der Waals surface area contributed by atoms with Crippen LogP contribution in [0, 0.1) is 6.08 Å². The van der Waals surface area contributed by atoms with Crippen LogP contribution in [-0.4, -0.2) is 0 Å². The molecule has 0 aromatic heterocycles. The highest BCUT2D eigenvalue weighted by atomic mass is 14.2. The predicted molar refractivity (Wildman–Crippen MR) is 62.3 cm³/mol. The van der Waals surface area contributed by atoms with E-state index in [0.717, 1.165) is 6.42 Å². The lowest BCUT2D eigenvalue weighted by molar-refractivity contribution is 0.590. The van der Waals surface area contributed by atoms with Gasteiger partial charge in [-0.1, -0.05) is 58.0 Å². The molecule has 0 aliphatic carbocycles. The Balaban J connectivity index is 2.84. The van der Waals surface area contributed by atoms with Gasteiger partial charge in [-0.05, 0) is 29.0 Å². The molecular weight excluding hydrogens is 168 g/mol. The lowest BCUT2D eigenvalue weighted by Crippen LogP contribution is -2.10. The first-order valence-electron chi connectivity index (χ1n) is 5.23. The van der Waals surface area contributed by atoms with Gasteiger partial charge in [0.05, 0.1) is 0 Å². The molecule has 0 amide bonds. The molecular formula is C14H19. The van der Waals surface area contributed by atoms with Crippen LogP contribution in [0.1, 0.15) is 45.2 Å². The molecule has 0 fully saturated rings. The van der Waals surface area contributed by atoms with Crippen LogP contribution in [0.3, 0.4) is 0 Å². The Bertz CT molecular complexity index is 296. The molecule has 0 atom stereocenters. The summed E-state index contributed by atoms with van der Waals surface area (Å²) in [6.07, 6.45) is 6.35. The van der Waals surface area contributed by atoms with E-state index in [-0.39, 0.29) is 5.41 Å². The lowest BCUT2D eigenvalue weighted by atomic mass is 9.87. The van der Waals surface area contributed by atoms with Crippen LogP contribution in [0.4, 0.5) is 0 Å². The molecule has 1 aromatic carbocycles. The van der Waals surface area contributed by atoms with Gasteiger partial charge in [0.2, 0.25) is 0 Å².